The van der Waals surface area contributed by atoms with Gasteiger partial charge in [0.2, 0.25) is 0 Å². The van der Waals surface area contributed by atoms with Gasteiger partial charge in [0.1, 0.15) is 0 Å². The third-order valence-electron chi connectivity index (χ3n) is 5.47. The van der Waals surface area contributed by atoms with Gasteiger partial charge in [-0.25, -0.2) is 0 Å². The monoisotopic (exact) mass is 350 g/mol. The van der Waals surface area contributed by atoms with E-state index in [-0.39, 0.29) is 5.91 Å². The fraction of sp³-hybridized carbons (Fsp3) is 0.435. The number of rotatable bonds is 5. The van der Waals surface area contributed by atoms with Crippen LogP contribution in [-0.2, 0) is 13.1 Å². The van der Waals surface area contributed by atoms with Crippen LogP contribution in [0.15, 0.2) is 42.5 Å². The number of benzene rings is 2. The van der Waals surface area contributed by atoms with Crippen LogP contribution < -0.4 is 5.32 Å². The number of nitrogens with one attached hydrogen (secondary N) is 1. The summed E-state index contributed by atoms with van der Waals surface area (Å²) in [5, 5.41) is 3.11. The Balaban J connectivity index is 1.65. The lowest BCUT2D eigenvalue weighted by Crippen LogP contribution is -2.33. The molecule has 3 rings (SSSR count). The van der Waals surface area contributed by atoms with E-state index >= 15 is 0 Å². The van der Waals surface area contributed by atoms with E-state index in [1.807, 2.05) is 32.0 Å². The third-order valence-corrected chi connectivity index (χ3v) is 5.47. The molecule has 26 heavy (non-hydrogen) atoms. The molecule has 0 unspecified atom stereocenters. The number of carbonyl (C=O) groups excluding carboxylic acids is 1. The van der Waals surface area contributed by atoms with Crippen LogP contribution in [0.1, 0.15) is 52.4 Å². The molecular formula is C23H30N2O. The van der Waals surface area contributed by atoms with Crippen molar-refractivity contribution in [3.05, 3.63) is 70.3 Å². The van der Waals surface area contributed by atoms with Crippen molar-refractivity contribution in [1.29, 1.82) is 0 Å². The molecule has 0 aromatic heterocycles. The fourth-order valence-electron chi connectivity index (χ4n) is 3.60. The number of aryl methyl sites for hydroxylation is 2. The molecule has 1 fully saturated rings. The number of hydrogen-bond acceptors (Lipinski definition) is 2. The molecule has 1 aliphatic heterocycles. The number of hydrogen-bond donors (Lipinski definition) is 1. The van der Waals surface area contributed by atoms with Gasteiger partial charge in [0.25, 0.3) is 5.91 Å². The molecular weight excluding hydrogens is 320 g/mol. The molecule has 0 radical (unpaired) electrons. The van der Waals surface area contributed by atoms with Crippen LogP contribution in [0, 0.1) is 19.8 Å². The Hall–Kier alpha value is -2.13. The van der Waals surface area contributed by atoms with Crippen LogP contribution in [0.4, 0.5) is 0 Å². The lowest BCUT2D eigenvalue weighted by Gasteiger charge is -2.30. The minimum Gasteiger partial charge on any atom is -0.348 e. The van der Waals surface area contributed by atoms with Crippen LogP contribution in [0.3, 0.4) is 0 Å². The minimum absolute atomic E-state index is 0.00722. The fourth-order valence-corrected chi connectivity index (χ4v) is 3.60. The van der Waals surface area contributed by atoms with E-state index in [9.17, 15) is 4.79 Å². The summed E-state index contributed by atoms with van der Waals surface area (Å²) in [6, 6.07) is 14.5. The third kappa shape index (κ3) is 4.73. The van der Waals surface area contributed by atoms with Gasteiger partial charge in [0.05, 0.1) is 0 Å². The topological polar surface area (TPSA) is 32.3 Å². The van der Waals surface area contributed by atoms with Gasteiger partial charge < -0.3 is 5.32 Å². The van der Waals surface area contributed by atoms with Gasteiger partial charge in [-0.05, 0) is 68.5 Å². The first-order valence-electron chi connectivity index (χ1n) is 9.67. The molecule has 3 nitrogen and oxygen atoms in total. The Morgan fingerprint density at radius 1 is 1.08 bits per heavy atom. The average Bonchev–Trinajstić information content (AvgIpc) is 2.64. The first kappa shape index (κ1) is 18.7. The van der Waals surface area contributed by atoms with Crippen molar-refractivity contribution in [1.82, 2.24) is 10.2 Å². The van der Waals surface area contributed by atoms with Crippen LogP contribution in [0.2, 0.25) is 0 Å². The molecule has 1 amide bonds. The highest BCUT2D eigenvalue weighted by molar-refractivity contribution is 5.95. The molecule has 0 aliphatic carbocycles. The molecule has 138 valence electrons. The highest BCUT2D eigenvalue weighted by atomic mass is 16.1. The number of carbonyl (C=O) groups is 1. The lowest BCUT2D eigenvalue weighted by molar-refractivity contribution is 0.0950. The molecule has 0 spiro atoms. The Morgan fingerprint density at radius 3 is 2.50 bits per heavy atom. The van der Waals surface area contributed by atoms with Gasteiger partial charge in [-0.15, -0.1) is 0 Å². The quantitative estimate of drug-likeness (QED) is 0.863. The van der Waals surface area contributed by atoms with E-state index in [0.717, 1.165) is 29.2 Å². The highest BCUT2D eigenvalue weighted by Gasteiger charge is 2.17. The van der Waals surface area contributed by atoms with E-state index in [1.165, 1.54) is 37.1 Å². The normalized spacial score (nSPS) is 15.8. The summed E-state index contributed by atoms with van der Waals surface area (Å²) in [6.07, 6.45) is 2.57. The van der Waals surface area contributed by atoms with Gasteiger partial charge in [0, 0.05) is 18.7 Å². The maximum atomic E-state index is 12.6. The zero-order valence-electron chi connectivity index (χ0n) is 16.2. The molecule has 0 bridgehead atoms. The number of piperidine rings is 1. The summed E-state index contributed by atoms with van der Waals surface area (Å²) in [4.78, 5) is 15.1. The van der Waals surface area contributed by atoms with E-state index in [4.69, 9.17) is 0 Å². The Morgan fingerprint density at radius 2 is 1.77 bits per heavy atom. The average molecular weight is 351 g/mol. The predicted molar refractivity (Wildman–Crippen MR) is 107 cm³/mol. The number of amides is 1. The van der Waals surface area contributed by atoms with Crippen LogP contribution >= 0.6 is 0 Å². The van der Waals surface area contributed by atoms with Crippen molar-refractivity contribution >= 4 is 5.91 Å². The van der Waals surface area contributed by atoms with E-state index in [1.54, 1.807) is 0 Å². The van der Waals surface area contributed by atoms with Crippen molar-refractivity contribution in [3.8, 4) is 0 Å². The van der Waals surface area contributed by atoms with E-state index < -0.39 is 0 Å². The van der Waals surface area contributed by atoms with Gasteiger partial charge in [-0.3, -0.25) is 9.69 Å². The van der Waals surface area contributed by atoms with Crippen molar-refractivity contribution in [2.75, 3.05) is 13.1 Å². The molecule has 1 N–H and O–H groups in total. The van der Waals surface area contributed by atoms with Crippen LogP contribution in [0.25, 0.3) is 0 Å². The number of nitrogens with zero attached hydrogens (tertiary/aromatic N) is 1. The van der Waals surface area contributed by atoms with Crippen molar-refractivity contribution < 1.29 is 4.79 Å². The summed E-state index contributed by atoms with van der Waals surface area (Å²) in [5.41, 5.74) is 5.44. The summed E-state index contributed by atoms with van der Waals surface area (Å²) in [5.74, 6) is 0.853. The van der Waals surface area contributed by atoms with Gasteiger partial charge in [-0.1, -0.05) is 48.9 Å². The van der Waals surface area contributed by atoms with Crippen LogP contribution in [-0.4, -0.2) is 23.9 Å². The van der Waals surface area contributed by atoms with Gasteiger partial charge in [0.15, 0.2) is 0 Å². The Labute approximate surface area is 157 Å². The molecule has 2 aromatic carbocycles. The van der Waals surface area contributed by atoms with Gasteiger partial charge in [-0.2, -0.15) is 0 Å². The smallest absolute Gasteiger partial charge is 0.251 e. The summed E-state index contributed by atoms with van der Waals surface area (Å²) < 4.78 is 0. The molecule has 1 heterocycles. The minimum atomic E-state index is 0.00722. The second-order valence-electron chi connectivity index (χ2n) is 7.73. The molecule has 0 saturated carbocycles. The largest absolute Gasteiger partial charge is 0.348 e. The lowest BCUT2D eigenvalue weighted by atomic mass is 9.98. The standard InChI is InChI=1S/C23H30N2O/c1-17-10-12-25(13-11-17)16-21-7-5-4-6-20(21)15-24-23(26)22-14-18(2)8-9-19(22)3/h4-9,14,17H,10-13,15-16H2,1-3H3,(H,24,26). The highest BCUT2D eigenvalue weighted by Crippen LogP contribution is 2.20. The predicted octanol–water partition coefficient (Wildman–Crippen LogP) is 4.47. The number of likely N-dealkylation sites (tertiary alicyclic amines) is 1. The zero-order chi connectivity index (χ0) is 18.5. The molecule has 0 atom stereocenters. The summed E-state index contributed by atoms with van der Waals surface area (Å²) >= 11 is 0. The Kier molecular flexibility index (Phi) is 6.10. The van der Waals surface area contributed by atoms with E-state index in [0.29, 0.717) is 6.54 Å². The van der Waals surface area contributed by atoms with E-state index in [2.05, 4.69) is 41.4 Å². The maximum absolute atomic E-state index is 12.6. The SMILES string of the molecule is Cc1ccc(C)c(C(=O)NCc2ccccc2CN2CCC(C)CC2)c1. The second-order valence-corrected chi connectivity index (χ2v) is 7.73. The molecule has 2 aromatic rings. The first-order valence-corrected chi connectivity index (χ1v) is 9.67. The second kappa shape index (κ2) is 8.50. The summed E-state index contributed by atoms with van der Waals surface area (Å²) in [7, 11) is 0. The molecule has 3 heteroatoms. The van der Waals surface area contributed by atoms with Crippen molar-refractivity contribution in [2.45, 2.75) is 46.7 Å². The molecule has 1 aliphatic rings. The summed E-state index contributed by atoms with van der Waals surface area (Å²) in [6.45, 7) is 10.2. The maximum Gasteiger partial charge on any atom is 0.251 e. The van der Waals surface area contributed by atoms with Crippen molar-refractivity contribution in [2.24, 2.45) is 5.92 Å². The molecule has 1 saturated heterocycles. The zero-order valence-corrected chi connectivity index (χ0v) is 16.2. The first-order chi connectivity index (χ1) is 12.5. The Bertz CT molecular complexity index is 761. The van der Waals surface area contributed by atoms with Crippen LogP contribution in [0.5, 0.6) is 0 Å². The van der Waals surface area contributed by atoms with Crippen molar-refractivity contribution in [3.63, 3.8) is 0 Å². The van der Waals surface area contributed by atoms with Gasteiger partial charge >= 0.3 is 0 Å².